The highest BCUT2D eigenvalue weighted by molar-refractivity contribution is 7.80. The third-order valence-corrected chi connectivity index (χ3v) is 3.04. The molecule has 114 valence electrons. The maximum Gasteiger partial charge on any atom is 0.322 e. The molecule has 0 heterocycles. The van der Waals surface area contributed by atoms with Crippen LogP contribution in [0.4, 0.5) is 0 Å². The molecule has 1 aromatic rings. The lowest BCUT2D eigenvalue weighted by Gasteiger charge is -2.15. The largest absolute Gasteiger partial charge is 0.508 e. The molecule has 0 unspecified atom stereocenters. The van der Waals surface area contributed by atoms with E-state index in [-0.39, 0.29) is 12.3 Å². The number of aliphatic carboxylic acids is 1. The number of carbonyl (C=O) groups excluding carboxylic acids is 1. The molecular weight excluding hydrogens is 294 g/mol. The summed E-state index contributed by atoms with van der Waals surface area (Å²) in [7, 11) is 0. The summed E-state index contributed by atoms with van der Waals surface area (Å²) in [5.74, 6) is -1.42. The Morgan fingerprint density at radius 3 is 2.38 bits per heavy atom. The first-order valence-corrected chi connectivity index (χ1v) is 6.59. The molecule has 1 rings (SSSR count). The first kappa shape index (κ1) is 16.9. The average Bonchev–Trinajstić information content (AvgIpc) is 2.44. The van der Waals surface area contributed by atoms with Crippen LogP contribution in [0.25, 0.3) is 0 Å². The maximum atomic E-state index is 11.3. The Bertz CT molecular complexity index is 519. The van der Waals surface area contributed by atoms with Crippen molar-refractivity contribution in [3.63, 3.8) is 0 Å². The monoisotopic (exact) mass is 311 g/mol. The van der Waals surface area contributed by atoms with Gasteiger partial charge < -0.3 is 26.6 Å². The Morgan fingerprint density at radius 2 is 1.81 bits per heavy atom. The molecule has 8 heteroatoms. The molecule has 0 fully saturated rings. The molecule has 7 nitrogen and oxygen atoms in total. The summed E-state index contributed by atoms with van der Waals surface area (Å²) in [6.45, 7) is -0.567. The van der Waals surface area contributed by atoms with Gasteiger partial charge in [-0.1, -0.05) is 24.4 Å². The number of phenols is 1. The molecule has 0 saturated carbocycles. The van der Waals surface area contributed by atoms with Gasteiger partial charge in [0.15, 0.2) is 0 Å². The van der Waals surface area contributed by atoms with Gasteiger partial charge >= 0.3 is 5.97 Å². The molecule has 0 aliphatic carbocycles. The van der Waals surface area contributed by atoms with Crippen molar-refractivity contribution in [3.8, 4) is 5.75 Å². The van der Waals surface area contributed by atoms with Gasteiger partial charge in [-0.2, -0.15) is 0 Å². The van der Waals surface area contributed by atoms with Crippen molar-refractivity contribution in [1.29, 1.82) is 0 Å². The predicted molar refractivity (Wildman–Crippen MR) is 81.0 cm³/mol. The van der Waals surface area contributed by atoms with E-state index < -0.39 is 24.5 Å². The van der Waals surface area contributed by atoms with Crippen LogP contribution in [0, 0.1) is 0 Å². The van der Waals surface area contributed by atoms with Gasteiger partial charge in [0, 0.05) is 0 Å². The number of phenolic OH excluding ortho intramolecular Hbond substituents is 1. The Balaban J connectivity index is 2.35. The minimum atomic E-state index is -1.12. The number of hydrogen-bond acceptors (Lipinski definition) is 5. The zero-order valence-corrected chi connectivity index (χ0v) is 12.0. The van der Waals surface area contributed by atoms with Crippen LogP contribution < -0.4 is 16.4 Å². The molecule has 1 aromatic carbocycles. The van der Waals surface area contributed by atoms with Gasteiger partial charge in [0.2, 0.25) is 5.91 Å². The van der Waals surface area contributed by atoms with E-state index in [9.17, 15) is 14.7 Å². The topological polar surface area (TPSA) is 125 Å². The summed E-state index contributed by atoms with van der Waals surface area (Å²) >= 11 is 5.07. The van der Waals surface area contributed by atoms with E-state index in [1.807, 2.05) is 0 Å². The fourth-order valence-corrected chi connectivity index (χ4v) is 1.67. The minimum Gasteiger partial charge on any atom is -0.508 e. The molecule has 1 amide bonds. The van der Waals surface area contributed by atoms with E-state index in [2.05, 4.69) is 10.6 Å². The summed E-state index contributed by atoms with van der Waals surface area (Å²) in [4.78, 5) is 21.9. The van der Waals surface area contributed by atoms with E-state index in [0.29, 0.717) is 11.4 Å². The van der Waals surface area contributed by atoms with Gasteiger partial charge in [0.05, 0.1) is 17.6 Å². The number of nitrogens with one attached hydrogen (secondary N) is 2. The molecule has 1 atom stereocenters. The highest BCUT2D eigenvalue weighted by Gasteiger charge is 2.12. The first-order valence-electron chi connectivity index (χ1n) is 6.18. The van der Waals surface area contributed by atoms with E-state index >= 15 is 0 Å². The van der Waals surface area contributed by atoms with Crippen molar-refractivity contribution in [2.75, 3.05) is 13.1 Å². The minimum absolute atomic E-state index is 0.130. The third kappa shape index (κ3) is 6.68. The lowest BCUT2D eigenvalue weighted by molar-refractivity contribution is -0.137. The molecule has 0 bridgehead atoms. The summed E-state index contributed by atoms with van der Waals surface area (Å²) in [6.07, 6.45) is 0.461. The molecule has 0 radical (unpaired) electrons. The number of rotatable bonds is 7. The average molecular weight is 311 g/mol. The van der Waals surface area contributed by atoms with E-state index in [1.54, 1.807) is 24.3 Å². The van der Waals surface area contributed by atoms with Crippen LogP contribution in [-0.2, 0) is 16.0 Å². The lowest BCUT2D eigenvalue weighted by atomic mass is 10.1. The smallest absolute Gasteiger partial charge is 0.322 e. The SMILES string of the molecule is N[C@@H](Cc1ccc(O)cc1)C(=S)NCC(=O)NCC(=O)O. The normalized spacial score (nSPS) is 11.5. The van der Waals surface area contributed by atoms with E-state index in [0.717, 1.165) is 5.56 Å². The van der Waals surface area contributed by atoms with Gasteiger partial charge in [0.1, 0.15) is 12.3 Å². The molecular formula is C13H17N3O4S. The number of nitrogens with two attached hydrogens (primary N) is 1. The molecule has 0 aliphatic heterocycles. The van der Waals surface area contributed by atoms with Crippen molar-refractivity contribution in [1.82, 2.24) is 10.6 Å². The summed E-state index contributed by atoms with van der Waals surface area (Å²) < 4.78 is 0. The first-order chi connectivity index (χ1) is 9.88. The Kier molecular flexibility index (Phi) is 6.57. The molecule has 0 saturated heterocycles. The van der Waals surface area contributed by atoms with Gasteiger partial charge in [0.25, 0.3) is 0 Å². The second-order valence-electron chi connectivity index (χ2n) is 4.37. The number of benzene rings is 1. The maximum absolute atomic E-state index is 11.3. The van der Waals surface area contributed by atoms with Gasteiger partial charge in [-0.25, -0.2) is 0 Å². The Hall–Kier alpha value is -2.19. The fraction of sp³-hybridized carbons (Fsp3) is 0.308. The van der Waals surface area contributed by atoms with Crippen LogP contribution in [0.15, 0.2) is 24.3 Å². The zero-order chi connectivity index (χ0) is 15.8. The zero-order valence-electron chi connectivity index (χ0n) is 11.2. The Morgan fingerprint density at radius 1 is 1.19 bits per heavy atom. The summed E-state index contributed by atoms with van der Waals surface area (Å²) in [5.41, 5.74) is 6.81. The fourth-order valence-electron chi connectivity index (χ4n) is 1.51. The van der Waals surface area contributed by atoms with Crippen LogP contribution in [-0.4, -0.2) is 46.2 Å². The van der Waals surface area contributed by atoms with Crippen molar-refractivity contribution in [3.05, 3.63) is 29.8 Å². The standard InChI is InChI=1S/C13H17N3O4S/c14-10(5-8-1-3-9(17)4-2-8)13(21)16-6-11(18)15-7-12(19)20/h1-4,10,17H,5-7,14H2,(H,15,18)(H,16,21)(H,19,20)/t10-/m0/s1. The number of carbonyl (C=O) groups is 2. The number of carboxylic acid groups (broad SMARTS) is 1. The highest BCUT2D eigenvalue weighted by atomic mass is 32.1. The molecule has 0 aliphatic rings. The van der Waals surface area contributed by atoms with Crippen LogP contribution in [0.1, 0.15) is 5.56 Å². The molecule has 0 spiro atoms. The third-order valence-electron chi connectivity index (χ3n) is 2.59. The summed E-state index contributed by atoms with van der Waals surface area (Å²) in [6, 6.07) is 6.10. The molecule has 21 heavy (non-hydrogen) atoms. The lowest BCUT2D eigenvalue weighted by Crippen LogP contribution is -2.45. The van der Waals surface area contributed by atoms with Crippen molar-refractivity contribution in [2.45, 2.75) is 12.5 Å². The van der Waals surface area contributed by atoms with Crippen LogP contribution in [0.5, 0.6) is 5.75 Å². The van der Waals surface area contributed by atoms with Crippen molar-refractivity contribution >= 4 is 29.1 Å². The van der Waals surface area contributed by atoms with Crippen molar-refractivity contribution in [2.24, 2.45) is 5.73 Å². The van der Waals surface area contributed by atoms with Crippen LogP contribution >= 0.6 is 12.2 Å². The molecule has 0 aromatic heterocycles. The Labute approximate surface area is 127 Å². The van der Waals surface area contributed by atoms with E-state index in [1.165, 1.54) is 0 Å². The van der Waals surface area contributed by atoms with E-state index in [4.69, 9.17) is 23.1 Å². The summed E-state index contributed by atoms with van der Waals surface area (Å²) in [5, 5.41) is 22.5. The van der Waals surface area contributed by atoms with Crippen LogP contribution in [0.3, 0.4) is 0 Å². The van der Waals surface area contributed by atoms with Gasteiger partial charge in [-0.05, 0) is 24.1 Å². The molecule has 6 N–H and O–H groups in total. The predicted octanol–water partition coefficient (Wildman–Crippen LogP) is -0.620. The number of amides is 1. The number of hydrogen-bond donors (Lipinski definition) is 5. The van der Waals surface area contributed by atoms with Crippen molar-refractivity contribution < 1.29 is 19.8 Å². The number of thiocarbonyl (C=S) groups is 1. The highest BCUT2D eigenvalue weighted by Crippen LogP contribution is 2.10. The number of aromatic hydroxyl groups is 1. The second-order valence-corrected chi connectivity index (χ2v) is 4.81. The van der Waals surface area contributed by atoms with Crippen LogP contribution in [0.2, 0.25) is 0 Å². The second kappa shape index (κ2) is 8.18. The van der Waals surface area contributed by atoms with Gasteiger partial charge in [-0.3, -0.25) is 9.59 Å². The number of carboxylic acids is 1. The van der Waals surface area contributed by atoms with Gasteiger partial charge in [-0.15, -0.1) is 0 Å². The quantitative estimate of drug-likeness (QED) is 0.425.